The van der Waals surface area contributed by atoms with E-state index >= 15 is 0 Å². The molecule has 0 radical (unpaired) electrons. The van der Waals surface area contributed by atoms with Crippen LogP contribution in [0.15, 0.2) is 30.3 Å². The molecule has 0 bridgehead atoms. The highest BCUT2D eigenvalue weighted by Gasteiger charge is 2.35. The molecule has 0 aliphatic heterocycles. The van der Waals surface area contributed by atoms with Gasteiger partial charge >= 0.3 is 5.97 Å². The summed E-state index contributed by atoms with van der Waals surface area (Å²) in [6, 6.07) is 8.31. The van der Waals surface area contributed by atoms with E-state index in [1.807, 2.05) is 44.2 Å². The van der Waals surface area contributed by atoms with Crippen LogP contribution in [-0.4, -0.2) is 29.6 Å². The predicted molar refractivity (Wildman–Crippen MR) is 81.8 cm³/mol. The summed E-state index contributed by atoms with van der Waals surface area (Å²) in [6.45, 7) is 4.00. The summed E-state index contributed by atoms with van der Waals surface area (Å²) in [4.78, 5) is 23.8. The molecule has 0 aliphatic rings. The molecule has 0 heterocycles. The van der Waals surface area contributed by atoms with Crippen LogP contribution in [0.4, 0.5) is 0 Å². The third kappa shape index (κ3) is 4.29. The number of carbonyl (C=O) groups excluding carboxylic acids is 1. The van der Waals surface area contributed by atoms with E-state index in [1.54, 1.807) is 0 Å². The lowest BCUT2D eigenvalue weighted by atomic mass is 9.81. The number of carbonyl (C=O) groups is 2. The highest BCUT2D eigenvalue weighted by Crippen LogP contribution is 2.25. The minimum absolute atomic E-state index is 0.212. The number of carboxylic acids is 1. The van der Waals surface area contributed by atoms with E-state index < -0.39 is 17.4 Å². The Bertz CT molecular complexity index is 461. The first-order valence-electron chi connectivity index (χ1n) is 7.26. The van der Waals surface area contributed by atoms with Crippen molar-refractivity contribution in [1.82, 2.24) is 5.32 Å². The van der Waals surface area contributed by atoms with Crippen molar-refractivity contribution in [3.63, 3.8) is 0 Å². The van der Waals surface area contributed by atoms with Crippen molar-refractivity contribution in [3.05, 3.63) is 35.9 Å². The van der Waals surface area contributed by atoms with Gasteiger partial charge in [-0.1, -0.05) is 44.2 Å². The molecule has 1 aromatic rings. The van der Waals surface area contributed by atoms with Gasteiger partial charge in [0.2, 0.25) is 5.91 Å². The molecular formula is C16H24N2O3. The number of hydrogen-bond acceptors (Lipinski definition) is 3. The van der Waals surface area contributed by atoms with E-state index in [-0.39, 0.29) is 18.9 Å². The van der Waals surface area contributed by atoms with E-state index in [4.69, 9.17) is 5.73 Å². The van der Waals surface area contributed by atoms with Crippen molar-refractivity contribution in [1.29, 1.82) is 0 Å². The van der Waals surface area contributed by atoms with Crippen LogP contribution in [0.1, 0.15) is 32.3 Å². The number of nitrogens with two attached hydrogens (primary N) is 1. The number of aliphatic carboxylic acids is 1. The monoisotopic (exact) mass is 292 g/mol. The van der Waals surface area contributed by atoms with E-state index in [9.17, 15) is 14.7 Å². The Morgan fingerprint density at radius 1 is 1.24 bits per heavy atom. The normalized spacial score (nSPS) is 12.7. The molecule has 0 fully saturated rings. The maximum atomic E-state index is 12.4. The predicted octanol–water partition coefficient (Wildman–Crippen LogP) is 1.56. The number of rotatable bonds is 8. The van der Waals surface area contributed by atoms with Gasteiger partial charge in [0, 0.05) is 13.0 Å². The topological polar surface area (TPSA) is 92.4 Å². The summed E-state index contributed by atoms with van der Waals surface area (Å²) < 4.78 is 0. The molecule has 0 spiro atoms. The van der Waals surface area contributed by atoms with Crippen LogP contribution in [0, 0.1) is 5.41 Å². The fourth-order valence-corrected chi connectivity index (χ4v) is 2.31. The Morgan fingerprint density at radius 2 is 1.81 bits per heavy atom. The molecule has 4 N–H and O–H groups in total. The molecule has 0 saturated heterocycles. The van der Waals surface area contributed by atoms with Crippen molar-refractivity contribution >= 4 is 11.9 Å². The summed E-state index contributed by atoms with van der Waals surface area (Å²) >= 11 is 0. The van der Waals surface area contributed by atoms with Gasteiger partial charge < -0.3 is 16.2 Å². The molecule has 1 amide bonds. The number of nitrogens with one attached hydrogen (secondary N) is 1. The Balaban J connectivity index is 2.84. The fourth-order valence-electron chi connectivity index (χ4n) is 2.31. The molecule has 0 aromatic heterocycles. The van der Waals surface area contributed by atoms with Gasteiger partial charge in [-0.25, -0.2) is 4.79 Å². The van der Waals surface area contributed by atoms with Gasteiger partial charge in [-0.3, -0.25) is 4.79 Å². The second kappa shape index (κ2) is 7.78. The lowest BCUT2D eigenvalue weighted by molar-refractivity contribution is -0.144. The molecule has 0 aliphatic carbocycles. The molecule has 1 rings (SSSR count). The van der Waals surface area contributed by atoms with Crippen molar-refractivity contribution in [2.75, 3.05) is 6.54 Å². The van der Waals surface area contributed by atoms with Gasteiger partial charge in [0.25, 0.3) is 0 Å². The molecule has 5 nitrogen and oxygen atoms in total. The molecule has 0 unspecified atom stereocenters. The van der Waals surface area contributed by atoms with Crippen LogP contribution in [0.5, 0.6) is 0 Å². The van der Waals surface area contributed by atoms with Gasteiger partial charge in [0.1, 0.15) is 6.04 Å². The first-order valence-corrected chi connectivity index (χ1v) is 7.26. The highest BCUT2D eigenvalue weighted by atomic mass is 16.4. The maximum Gasteiger partial charge on any atom is 0.326 e. The number of benzene rings is 1. The first-order chi connectivity index (χ1) is 9.99. The van der Waals surface area contributed by atoms with Crippen LogP contribution in [-0.2, 0) is 16.0 Å². The zero-order valence-corrected chi connectivity index (χ0v) is 12.6. The molecule has 1 atom stereocenters. The van der Waals surface area contributed by atoms with E-state index in [0.29, 0.717) is 12.8 Å². The number of hydrogen-bond donors (Lipinski definition) is 3. The van der Waals surface area contributed by atoms with Crippen LogP contribution < -0.4 is 11.1 Å². The van der Waals surface area contributed by atoms with Crippen molar-refractivity contribution in [3.8, 4) is 0 Å². The summed E-state index contributed by atoms with van der Waals surface area (Å²) in [7, 11) is 0. The third-order valence-corrected chi connectivity index (χ3v) is 4.11. The lowest BCUT2D eigenvalue weighted by Gasteiger charge is -2.30. The molecular weight excluding hydrogens is 268 g/mol. The summed E-state index contributed by atoms with van der Waals surface area (Å²) in [5.41, 5.74) is 5.91. The zero-order valence-electron chi connectivity index (χ0n) is 12.6. The summed E-state index contributed by atoms with van der Waals surface area (Å²) in [5.74, 6) is -1.32. The molecule has 1 aromatic carbocycles. The van der Waals surface area contributed by atoms with Crippen molar-refractivity contribution < 1.29 is 14.7 Å². The Labute approximate surface area is 125 Å². The van der Waals surface area contributed by atoms with Gasteiger partial charge in [0.15, 0.2) is 0 Å². The van der Waals surface area contributed by atoms with Crippen LogP contribution in [0.25, 0.3) is 0 Å². The van der Waals surface area contributed by atoms with Crippen molar-refractivity contribution in [2.24, 2.45) is 11.1 Å². The van der Waals surface area contributed by atoms with Gasteiger partial charge in [-0.05, 0) is 18.4 Å². The quantitative estimate of drug-likeness (QED) is 0.678. The molecule has 0 saturated carbocycles. The maximum absolute atomic E-state index is 12.4. The second-order valence-corrected chi connectivity index (χ2v) is 5.25. The zero-order chi connectivity index (χ0) is 15.9. The minimum atomic E-state index is -1.04. The average Bonchev–Trinajstić information content (AvgIpc) is 2.50. The van der Waals surface area contributed by atoms with E-state index in [2.05, 4.69) is 5.32 Å². The molecule has 21 heavy (non-hydrogen) atoms. The number of carboxylic acid groups (broad SMARTS) is 1. The van der Waals surface area contributed by atoms with E-state index in [1.165, 1.54) is 0 Å². The largest absolute Gasteiger partial charge is 0.480 e. The standard InChI is InChI=1S/C16H24N2O3/c1-3-16(4-2,11-17)15(21)18-13(14(19)20)10-12-8-6-5-7-9-12/h5-9,13H,3-4,10-11,17H2,1-2H3,(H,18,21)(H,19,20)/t13-/m1/s1. The third-order valence-electron chi connectivity index (χ3n) is 4.11. The van der Waals surface area contributed by atoms with Gasteiger partial charge in [0.05, 0.1) is 5.41 Å². The Kier molecular flexibility index (Phi) is 6.37. The Hall–Kier alpha value is -1.88. The fraction of sp³-hybridized carbons (Fsp3) is 0.500. The summed E-state index contributed by atoms with van der Waals surface area (Å²) in [5, 5.41) is 12.0. The van der Waals surface area contributed by atoms with Gasteiger partial charge in [-0.15, -0.1) is 0 Å². The van der Waals surface area contributed by atoms with E-state index in [0.717, 1.165) is 5.56 Å². The lowest BCUT2D eigenvalue weighted by Crippen LogP contribution is -2.51. The molecule has 116 valence electrons. The smallest absolute Gasteiger partial charge is 0.326 e. The summed E-state index contributed by atoms with van der Waals surface area (Å²) in [6.07, 6.45) is 1.43. The minimum Gasteiger partial charge on any atom is -0.480 e. The molecule has 5 heteroatoms. The van der Waals surface area contributed by atoms with Crippen molar-refractivity contribution in [2.45, 2.75) is 39.2 Å². The Morgan fingerprint density at radius 3 is 2.24 bits per heavy atom. The van der Waals surface area contributed by atoms with Crippen LogP contribution in [0.3, 0.4) is 0 Å². The SMILES string of the molecule is CCC(CC)(CN)C(=O)N[C@H](Cc1ccccc1)C(=O)O. The first kappa shape index (κ1) is 17.2. The number of amides is 1. The van der Waals surface area contributed by atoms with Gasteiger partial charge in [-0.2, -0.15) is 0 Å². The average molecular weight is 292 g/mol. The highest BCUT2D eigenvalue weighted by molar-refractivity contribution is 5.87. The van der Waals surface area contributed by atoms with Crippen LogP contribution in [0.2, 0.25) is 0 Å². The van der Waals surface area contributed by atoms with Crippen LogP contribution >= 0.6 is 0 Å². The second-order valence-electron chi connectivity index (χ2n) is 5.25.